The Morgan fingerprint density at radius 2 is 1.90 bits per heavy atom. The van der Waals surface area contributed by atoms with Crippen LogP contribution in [0.5, 0.6) is 5.75 Å². The Bertz CT molecular complexity index is 1020. The van der Waals surface area contributed by atoms with E-state index in [0.29, 0.717) is 28.4 Å². The number of methoxy groups -OCH3 is 1. The van der Waals surface area contributed by atoms with E-state index < -0.39 is 29.9 Å². The quantitative estimate of drug-likeness (QED) is 0.684. The molecule has 1 saturated heterocycles. The maximum absolute atomic E-state index is 13.3. The molecule has 1 heterocycles. The van der Waals surface area contributed by atoms with Crippen LogP contribution >= 0.6 is 11.6 Å². The molecule has 158 valence electrons. The van der Waals surface area contributed by atoms with E-state index in [0.717, 1.165) is 16.0 Å². The monoisotopic (exact) mass is 429 g/mol. The molecule has 0 aliphatic carbocycles. The summed E-state index contributed by atoms with van der Waals surface area (Å²) in [6.07, 6.45) is 0.342. The van der Waals surface area contributed by atoms with Gasteiger partial charge >= 0.3 is 6.03 Å². The Morgan fingerprint density at radius 3 is 2.53 bits per heavy atom. The van der Waals surface area contributed by atoms with Gasteiger partial charge in [-0.3, -0.25) is 14.5 Å². The van der Waals surface area contributed by atoms with E-state index in [9.17, 15) is 14.4 Å². The van der Waals surface area contributed by atoms with Crippen molar-refractivity contribution in [2.45, 2.75) is 32.7 Å². The summed E-state index contributed by atoms with van der Waals surface area (Å²) < 4.78 is 5.28. The molecule has 3 rings (SSSR count). The van der Waals surface area contributed by atoms with Gasteiger partial charge in [-0.2, -0.15) is 0 Å². The summed E-state index contributed by atoms with van der Waals surface area (Å²) in [5, 5.41) is 5.98. The van der Waals surface area contributed by atoms with Gasteiger partial charge in [-0.05, 0) is 61.2 Å². The number of nitrogens with one attached hydrogen (secondary N) is 2. The van der Waals surface area contributed by atoms with Gasteiger partial charge in [0.05, 0.1) is 7.11 Å². The molecular formula is C22H24ClN3O4. The number of halogens is 1. The second-order valence-corrected chi connectivity index (χ2v) is 7.71. The SMILES string of the molecule is CCC1(c2ccc(OC)c(C)c2)NC(=O)N(CC(=O)Nc2cc(Cl)ccc2C)C1=O. The molecule has 2 N–H and O–H groups in total. The summed E-state index contributed by atoms with van der Waals surface area (Å²) in [6, 6.07) is 9.85. The molecule has 0 aromatic heterocycles. The summed E-state index contributed by atoms with van der Waals surface area (Å²) in [5.74, 6) is -0.255. The van der Waals surface area contributed by atoms with Crippen molar-refractivity contribution in [1.82, 2.24) is 10.2 Å². The zero-order valence-corrected chi connectivity index (χ0v) is 18.1. The standard InChI is InChI=1S/C22H24ClN3O4/c1-5-22(15-7-9-18(30-4)14(3)10-15)20(28)26(21(29)25-22)12-19(27)24-17-11-16(23)8-6-13(17)2/h6-11H,5,12H2,1-4H3,(H,24,27)(H,25,29). The molecular weight excluding hydrogens is 406 g/mol. The van der Waals surface area contributed by atoms with Crippen LogP contribution in [0.3, 0.4) is 0 Å². The number of aryl methyl sites for hydroxylation is 2. The molecule has 2 aromatic rings. The Labute approximate surface area is 180 Å². The first-order valence-corrected chi connectivity index (χ1v) is 9.95. The first-order valence-electron chi connectivity index (χ1n) is 9.57. The minimum atomic E-state index is -1.22. The summed E-state index contributed by atoms with van der Waals surface area (Å²) in [4.78, 5) is 39.4. The summed E-state index contributed by atoms with van der Waals surface area (Å²) >= 11 is 5.99. The molecule has 30 heavy (non-hydrogen) atoms. The summed E-state index contributed by atoms with van der Waals surface area (Å²) in [6.45, 7) is 5.11. The van der Waals surface area contributed by atoms with Gasteiger partial charge in [0.2, 0.25) is 5.91 Å². The second kappa shape index (κ2) is 8.36. The van der Waals surface area contributed by atoms with Crippen LogP contribution in [0.15, 0.2) is 36.4 Å². The number of hydrogen-bond acceptors (Lipinski definition) is 4. The van der Waals surface area contributed by atoms with E-state index in [2.05, 4.69) is 10.6 Å². The maximum atomic E-state index is 13.3. The van der Waals surface area contributed by atoms with Crippen LogP contribution in [0.4, 0.5) is 10.5 Å². The van der Waals surface area contributed by atoms with Crippen molar-refractivity contribution in [2.24, 2.45) is 0 Å². The molecule has 1 atom stereocenters. The number of carbonyl (C=O) groups is 3. The van der Waals surface area contributed by atoms with E-state index in [1.807, 2.05) is 26.8 Å². The van der Waals surface area contributed by atoms with Crippen molar-refractivity contribution in [2.75, 3.05) is 19.0 Å². The lowest BCUT2D eigenvalue weighted by Gasteiger charge is -2.26. The van der Waals surface area contributed by atoms with Crippen LogP contribution in [0.25, 0.3) is 0 Å². The van der Waals surface area contributed by atoms with Crippen LogP contribution in [0.2, 0.25) is 5.02 Å². The molecule has 0 spiro atoms. The number of carbonyl (C=O) groups excluding carboxylic acids is 3. The number of benzene rings is 2. The highest BCUT2D eigenvalue weighted by molar-refractivity contribution is 6.31. The largest absolute Gasteiger partial charge is 0.496 e. The number of hydrogen-bond donors (Lipinski definition) is 2. The Morgan fingerprint density at radius 1 is 1.17 bits per heavy atom. The first kappa shape index (κ1) is 21.6. The van der Waals surface area contributed by atoms with Crippen LogP contribution in [-0.2, 0) is 15.1 Å². The molecule has 2 aromatic carbocycles. The lowest BCUT2D eigenvalue weighted by atomic mass is 9.86. The average molecular weight is 430 g/mol. The number of ether oxygens (including phenoxy) is 1. The van der Waals surface area contributed by atoms with Crippen molar-refractivity contribution >= 4 is 35.1 Å². The van der Waals surface area contributed by atoms with Crippen LogP contribution in [-0.4, -0.2) is 36.4 Å². The lowest BCUT2D eigenvalue weighted by molar-refractivity contribution is -0.134. The fourth-order valence-electron chi connectivity index (χ4n) is 3.62. The zero-order chi connectivity index (χ0) is 22.1. The van der Waals surface area contributed by atoms with Crippen molar-refractivity contribution in [3.05, 3.63) is 58.1 Å². The predicted octanol–water partition coefficient (Wildman–Crippen LogP) is 3.76. The van der Waals surface area contributed by atoms with Crippen molar-refractivity contribution < 1.29 is 19.1 Å². The minimum absolute atomic E-state index is 0.342. The molecule has 4 amide bonds. The van der Waals surface area contributed by atoms with Gasteiger partial charge in [-0.1, -0.05) is 30.7 Å². The van der Waals surface area contributed by atoms with Gasteiger partial charge in [-0.25, -0.2) is 4.79 Å². The average Bonchev–Trinajstić information content (AvgIpc) is 2.95. The number of imide groups is 1. The Hall–Kier alpha value is -3.06. The zero-order valence-electron chi connectivity index (χ0n) is 17.3. The topological polar surface area (TPSA) is 87.7 Å². The second-order valence-electron chi connectivity index (χ2n) is 7.27. The highest BCUT2D eigenvalue weighted by Gasteiger charge is 2.51. The highest BCUT2D eigenvalue weighted by atomic mass is 35.5. The normalized spacial score (nSPS) is 18.4. The highest BCUT2D eigenvalue weighted by Crippen LogP contribution is 2.34. The molecule has 8 heteroatoms. The third-order valence-electron chi connectivity index (χ3n) is 5.37. The Balaban J connectivity index is 1.83. The first-order chi connectivity index (χ1) is 14.2. The van der Waals surface area contributed by atoms with E-state index in [1.54, 1.807) is 37.4 Å². The van der Waals surface area contributed by atoms with E-state index >= 15 is 0 Å². The molecule has 0 bridgehead atoms. The van der Waals surface area contributed by atoms with Crippen LogP contribution in [0.1, 0.15) is 30.0 Å². The molecule has 1 fully saturated rings. The number of amides is 4. The van der Waals surface area contributed by atoms with E-state index in [1.165, 1.54) is 0 Å². The summed E-state index contributed by atoms with van der Waals surface area (Å²) in [5.41, 5.74) is 1.63. The van der Waals surface area contributed by atoms with Gasteiger partial charge in [-0.15, -0.1) is 0 Å². The molecule has 7 nitrogen and oxygen atoms in total. The number of anilines is 1. The van der Waals surface area contributed by atoms with Gasteiger partial charge in [0.1, 0.15) is 17.8 Å². The predicted molar refractivity (Wildman–Crippen MR) is 115 cm³/mol. The van der Waals surface area contributed by atoms with Gasteiger partial charge in [0.15, 0.2) is 0 Å². The molecule has 0 radical (unpaired) electrons. The molecule has 1 aliphatic rings. The molecule has 1 aliphatic heterocycles. The Kier molecular flexibility index (Phi) is 6.03. The van der Waals surface area contributed by atoms with Gasteiger partial charge in [0.25, 0.3) is 5.91 Å². The van der Waals surface area contributed by atoms with Crippen LogP contribution in [0, 0.1) is 13.8 Å². The maximum Gasteiger partial charge on any atom is 0.325 e. The molecule has 1 unspecified atom stereocenters. The fraction of sp³-hybridized carbons (Fsp3) is 0.318. The van der Waals surface area contributed by atoms with Gasteiger partial charge in [0, 0.05) is 10.7 Å². The smallest absolute Gasteiger partial charge is 0.325 e. The summed E-state index contributed by atoms with van der Waals surface area (Å²) in [7, 11) is 1.57. The van der Waals surface area contributed by atoms with E-state index in [-0.39, 0.29) is 0 Å². The van der Waals surface area contributed by atoms with Gasteiger partial charge < -0.3 is 15.4 Å². The van der Waals surface area contributed by atoms with E-state index in [4.69, 9.17) is 16.3 Å². The minimum Gasteiger partial charge on any atom is -0.496 e. The third-order valence-corrected chi connectivity index (χ3v) is 5.60. The van der Waals surface area contributed by atoms with Crippen LogP contribution < -0.4 is 15.4 Å². The fourth-order valence-corrected chi connectivity index (χ4v) is 3.79. The molecule has 0 saturated carbocycles. The third kappa shape index (κ3) is 3.85. The van der Waals surface area contributed by atoms with Crippen molar-refractivity contribution in [3.63, 3.8) is 0 Å². The lowest BCUT2D eigenvalue weighted by Crippen LogP contribution is -2.44. The number of urea groups is 1. The van der Waals surface area contributed by atoms with Crippen molar-refractivity contribution in [1.29, 1.82) is 0 Å². The van der Waals surface area contributed by atoms with Crippen molar-refractivity contribution in [3.8, 4) is 5.75 Å². The number of nitrogens with zero attached hydrogens (tertiary/aromatic N) is 1. The number of rotatable bonds is 6.